The first-order valence-electron chi connectivity index (χ1n) is 4.02. The van der Waals surface area contributed by atoms with Crippen molar-refractivity contribution in [2.75, 3.05) is 7.11 Å². The van der Waals surface area contributed by atoms with Crippen LogP contribution < -0.4 is 0 Å². The second-order valence-electron chi connectivity index (χ2n) is 2.63. The van der Waals surface area contributed by atoms with Gasteiger partial charge in [-0.25, -0.2) is 0 Å². The fourth-order valence-electron chi connectivity index (χ4n) is 0.887. The molecule has 0 bridgehead atoms. The Morgan fingerprint density at radius 2 is 2.40 bits per heavy atom. The van der Waals surface area contributed by atoms with Gasteiger partial charge in [0, 0.05) is 6.07 Å². The lowest BCUT2D eigenvalue weighted by atomic mass is 10.5. The summed E-state index contributed by atoms with van der Waals surface area (Å²) < 4.78 is 5.06. The standard InChI is InChI=1S/C8H9NO4S2/c1-5(7(10)13-2)15-8-6(9(11)12)3-4-14-8/h3-5H,1-2H3/t5-/m1/s1. The number of thioether (sulfide) groups is 1. The Morgan fingerprint density at radius 3 is 2.93 bits per heavy atom. The molecular formula is C8H9NO4S2. The molecule has 1 aromatic rings. The Hall–Kier alpha value is -1.08. The van der Waals surface area contributed by atoms with Gasteiger partial charge < -0.3 is 4.74 Å². The van der Waals surface area contributed by atoms with E-state index >= 15 is 0 Å². The highest BCUT2D eigenvalue weighted by Crippen LogP contribution is 2.36. The van der Waals surface area contributed by atoms with Crippen LogP contribution >= 0.6 is 23.1 Å². The lowest BCUT2D eigenvalue weighted by Crippen LogP contribution is -2.14. The van der Waals surface area contributed by atoms with E-state index in [2.05, 4.69) is 4.74 Å². The van der Waals surface area contributed by atoms with Gasteiger partial charge in [-0.3, -0.25) is 14.9 Å². The number of carbonyl (C=O) groups is 1. The van der Waals surface area contributed by atoms with Crippen molar-refractivity contribution in [1.29, 1.82) is 0 Å². The van der Waals surface area contributed by atoms with Crippen LogP contribution in [0.4, 0.5) is 5.69 Å². The minimum Gasteiger partial charge on any atom is -0.468 e. The molecule has 0 spiro atoms. The first-order chi connectivity index (χ1) is 7.06. The van der Waals surface area contributed by atoms with E-state index in [1.54, 1.807) is 12.3 Å². The second kappa shape index (κ2) is 5.13. The predicted octanol–water partition coefficient (Wildman–Crippen LogP) is 2.31. The topological polar surface area (TPSA) is 69.4 Å². The molecule has 0 aliphatic carbocycles. The molecule has 1 aromatic heterocycles. The van der Waals surface area contributed by atoms with Gasteiger partial charge in [-0.05, 0) is 12.3 Å². The maximum atomic E-state index is 11.1. The van der Waals surface area contributed by atoms with Gasteiger partial charge in [0.1, 0.15) is 9.46 Å². The zero-order valence-electron chi connectivity index (χ0n) is 8.13. The van der Waals surface area contributed by atoms with Crippen LogP contribution in [0.1, 0.15) is 6.92 Å². The largest absolute Gasteiger partial charge is 0.468 e. The molecule has 1 atom stereocenters. The smallest absolute Gasteiger partial charge is 0.318 e. The molecule has 0 amide bonds. The number of nitrogens with zero attached hydrogens (tertiary/aromatic N) is 1. The highest BCUT2D eigenvalue weighted by atomic mass is 32.2. The summed E-state index contributed by atoms with van der Waals surface area (Å²) in [6.07, 6.45) is 0. The molecule has 15 heavy (non-hydrogen) atoms. The molecule has 0 saturated carbocycles. The number of rotatable bonds is 4. The summed E-state index contributed by atoms with van der Waals surface area (Å²) in [6, 6.07) is 1.43. The summed E-state index contributed by atoms with van der Waals surface area (Å²) in [5.74, 6) is -0.386. The van der Waals surface area contributed by atoms with Crippen LogP contribution in [-0.4, -0.2) is 23.3 Å². The Bertz CT molecular complexity index is 376. The van der Waals surface area contributed by atoms with Crippen LogP contribution in [0.5, 0.6) is 0 Å². The van der Waals surface area contributed by atoms with Crippen molar-refractivity contribution in [3.63, 3.8) is 0 Å². The van der Waals surface area contributed by atoms with Gasteiger partial charge in [-0.2, -0.15) is 0 Å². The highest BCUT2D eigenvalue weighted by Gasteiger charge is 2.22. The average Bonchev–Trinajstić information content (AvgIpc) is 2.64. The van der Waals surface area contributed by atoms with E-state index in [-0.39, 0.29) is 11.7 Å². The molecule has 0 saturated heterocycles. The van der Waals surface area contributed by atoms with Gasteiger partial charge in [0.15, 0.2) is 0 Å². The van der Waals surface area contributed by atoms with Gasteiger partial charge in [0.05, 0.1) is 12.0 Å². The van der Waals surface area contributed by atoms with Gasteiger partial charge >= 0.3 is 5.97 Å². The first-order valence-corrected chi connectivity index (χ1v) is 5.78. The normalized spacial score (nSPS) is 12.1. The van der Waals surface area contributed by atoms with Crippen molar-refractivity contribution in [3.05, 3.63) is 21.6 Å². The van der Waals surface area contributed by atoms with Crippen LogP contribution in [0.3, 0.4) is 0 Å². The van der Waals surface area contributed by atoms with E-state index in [0.717, 1.165) is 11.8 Å². The molecule has 0 aliphatic rings. The summed E-state index contributed by atoms with van der Waals surface area (Å²) >= 11 is 2.39. The predicted molar refractivity (Wildman–Crippen MR) is 58.3 cm³/mol. The molecule has 0 N–H and O–H groups in total. The van der Waals surface area contributed by atoms with Gasteiger partial charge in [0.2, 0.25) is 0 Å². The van der Waals surface area contributed by atoms with E-state index in [1.807, 2.05) is 0 Å². The highest BCUT2D eigenvalue weighted by molar-refractivity contribution is 8.02. The summed E-state index contributed by atoms with van der Waals surface area (Å²) in [5.41, 5.74) is 0.0424. The minimum absolute atomic E-state index is 0.0424. The molecular weight excluding hydrogens is 238 g/mol. The summed E-state index contributed by atoms with van der Waals surface area (Å²) in [6.45, 7) is 1.65. The number of esters is 1. The third kappa shape index (κ3) is 2.93. The zero-order valence-corrected chi connectivity index (χ0v) is 9.76. The summed E-state index contributed by atoms with van der Waals surface area (Å²) in [7, 11) is 1.29. The van der Waals surface area contributed by atoms with Crippen molar-refractivity contribution in [3.8, 4) is 0 Å². The Balaban J connectivity index is 2.76. The molecule has 7 heteroatoms. The van der Waals surface area contributed by atoms with Crippen molar-refractivity contribution in [2.45, 2.75) is 16.4 Å². The van der Waals surface area contributed by atoms with Gasteiger partial charge in [-0.1, -0.05) is 11.8 Å². The molecule has 0 aromatic carbocycles. The molecule has 0 fully saturated rings. The molecule has 1 heterocycles. The van der Waals surface area contributed by atoms with Crippen molar-refractivity contribution >= 4 is 34.8 Å². The molecule has 0 unspecified atom stereocenters. The number of thiophene rings is 1. The van der Waals surface area contributed by atoms with Crippen LogP contribution in [0.15, 0.2) is 15.7 Å². The fraction of sp³-hybridized carbons (Fsp3) is 0.375. The molecule has 0 aliphatic heterocycles. The van der Waals surface area contributed by atoms with Crippen molar-refractivity contribution in [1.82, 2.24) is 0 Å². The van der Waals surface area contributed by atoms with Gasteiger partial charge in [0.25, 0.3) is 5.69 Å². The number of methoxy groups -OCH3 is 1. The number of ether oxygens (including phenoxy) is 1. The monoisotopic (exact) mass is 247 g/mol. The molecule has 82 valence electrons. The maximum absolute atomic E-state index is 11.1. The van der Waals surface area contributed by atoms with Crippen LogP contribution in [-0.2, 0) is 9.53 Å². The van der Waals surface area contributed by atoms with E-state index in [1.165, 1.54) is 24.5 Å². The summed E-state index contributed by atoms with van der Waals surface area (Å²) in [4.78, 5) is 21.2. The molecule has 0 radical (unpaired) electrons. The minimum atomic E-state index is -0.456. The molecule has 5 nitrogen and oxygen atoms in total. The SMILES string of the molecule is COC(=O)[C@@H](C)Sc1sccc1[N+](=O)[O-]. The van der Waals surface area contributed by atoms with Gasteiger partial charge in [-0.15, -0.1) is 11.3 Å². The third-order valence-corrected chi connectivity index (χ3v) is 3.87. The fourth-order valence-corrected chi connectivity index (χ4v) is 3.07. The Morgan fingerprint density at radius 1 is 1.73 bits per heavy atom. The van der Waals surface area contributed by atoms with Crippen LogP contribution in [0.25, 0.3) is 0 Å². The van der Waals surface area contributed by atoms with E-state index in [0.29, 0.717) is 4.21 Å². The zero-order chi connectivity index (χ0) is 11.4. The quantitative estimate of drug-likeness (QED) is 0.353. The number of nitro groups is 1. The number of hydrogen-bond donors (Lipinski definition) is 0. The number of hydrogen-bond acceptors (Lipinski definition) is 6. The lowest BCUT2D eigenvalue weighted by molar-refractivity contribution is -0.387. The van der Waals surface area contributed by atoms with E-state index < -0.39 is 10.2 Å². The first kappa shape index (κ1) is 12.0. The van der Waals surface area contributed by atoms with Crippen LogP contribution in [0.2, 0.25) is 0 Å². The van der Waals surface area contributed by atoms with Crippen molar-refractivity contribution in [2.24, 2.45) is 0 Å². The van der Waals surface area contributed by atoms with E-state index in [9.17, 15) is 14.9 Å². The average molecular weight is 247 g/mol. The Kier molecular flexibility index (Phi) is 4.10. The van der Waals surface area contributed by atoms with E-state index in [4.69, 9.17) is 0 Å². The molecule has 1 rings (SSSR count). The third-order valence-electron chi connectivity index (χ3n) is 1.62. The second-order valence-corrected chi connectivity index (χ2v) is 5.16. The maximum Gasteiger partial charge on any atom is 0.318 e. The lowest BCUT2D eigenvalue weighted by Gasteiger charge is -2.06. The summed E-state index contributed by atoms with van der Waals surface area (Å²) in [5, 5.41) is 11.8. The number of carbonyl (C=O) groups excluding carboxylic acids is 1. The van der Waals surface area contributed by atoms with Crippen molar-refractivity contribution < 1.29 is 14.5 Å². The van der Waals surface area contributed by atoms with Crippen LogP contribution in [0, 0.1) is 10.1 Å². The Labute approximate surface area is 94.6 Å².